The number of aromatic amines is 1. The molecule has 0 aliphatic heterocycles. The van der Waals surface area contributed by atoms with E-state index >= 15 is 0 Å². The Bertz CT molecular complexity index is 1240. The van der Waals surface area contributed by atoms with Crippen LogP contribution in [0.1, 0.15) is 62.9 Å². The first-order chi connectivity index (χ1) is 15.6. The van der Waals surface area contributed by atoms with Crippen LogP contribution in [0.15, 0.2) is 83.5 Å². The number of carbonyl (C=O) groups is 2. The fourth-order valence-corrected chi connectivity index (χ4v) is 4.70. The summed E-state index contributed by atoms with van der Waals surface area (Å²) in [4.78, 5) is 30.0. The number of amides is 1. The third kappa shape index (κ3) is 3.56. The molecule has 0 fully saturated rings. The van der Waals surface area contributed by atoms with Crippen molar-refractivity contribution < 1.29 is 14.0 Å². The van der Waals surface area contributed by atoms with E-state index < -0.39 is 0 Å². The number of furan rings is 1. The summed E-state index contributed by atoms with van der Waals surface area (Å²) in [6.45, 7) is 2.39. The van der Waals surface area contributed by atoms with Gasteiger partial charge in [0.2, 0.25) is 0 Å². The number of benzene rings is 2. The number of rotatable bonds is 5. The molecule has 5 heteroatoms. The van der Waals surface area contributed by atoms with Crippen LogP contribution in [0.2, 0.25) is 0 Å². The van der Waals surface area contributed by atoms with E-state index in [9.17, 15) is 9.59 Å². The lowest BCUT2D eigenvalue weighted by atomic mass is 9.73. The second-order valence-electron chi connectivity index (χ2n) is 8.22. The zero-order valence-corrected chi connectivity index (χ0v) is 17.8. The maximum absolute atomic E-state index is 13.5. The number of carbonyl (C=O) groups excluding carboxylic acids is 2. The Morgan fingerprint density at radius 1 is 1.00 bits per heavy atom. The summed E-state index contributed by atoms with van der Waals surface area (Å²) in [7, 11) is 0. The zero-order valence-electron chi connectivity index (χ0n) is 17.8. The Hall–Kier alpha value is -3.86. The Morgan fingerprint density at radius 2 is 1.72 bits per heavy atom. The van der Waals surface area contributed by atoms with Crippen molar-refractivity contribution in [2.75, 3.05) is 0 Å². The molecule has 2 aromatic heterocycles. The quantitative estimate of drug-likeness (QED) is 0.433. The second kappa shape index (κ2) is 8.35. The van der Waals surface area contributed by atoms with Gasteiger partial charge in [0.15, 0.2) is 5.78 Å². The molecule has 4 aromatic rings. The molecule has 1 aliphatic carbocycles. The fourth-order valence-electron chi connectivity index (χ4n) is 4.70. The topological polar surface area (TPSA) is 75.1 Å². The number of hydrogen-bond acceptors (Lipinski definition) is 3. The number of Topliss-reactive ketones (excluding diaryl/α,β-unsaturated/α-hetero) is 1. The van der Waals surface area contributed by atoms with Gasteiger partial charge in [0.25, 0.3) is 5.91 Å². The van der Waals surface area contributed by atoms with Crippen molar-refractivity contribution in [2.45, 2.75) is 31.7 Å². The fraction of sp³-hybridized carbons (Fsp3) is 0.185. The molecule has 0 unspecified atom stereocenters. The largest absolute Gasteiger partial charge is 0.467 e. The molecule has 2 aromatic carbocycles. The van der Waals surface area contributed by atoms with Crippen LogP contribution in [-0.2, 0) is 6.54 Å². The number of ketones is 1. The van der Waals surface area contributed by atoms with E-state index in [1.807, 2.05) is 54.6 Å². The number of fused-ring (bicyclic) bond motifs is 1. The van der Waals surface area contributed by atoms with E-state index in [1.54, 1.807) is 12.3 Å². The van der Waals surface area contributed by atoms with Gasteiger partial charge in [-0.05, 0) is 40.7 Å². The Kier molecular flexibility index (Phi) is 5.23. The maximum Gasteiger partial charge on any atom is 0.254 e. The average Bonchev–Trinajstić information content (AvgIpc) is 3.49. The monoisotopic (exact) mass is 424 g/mol. The molecule has 32 heavy (non-hydrogen) atoms. The molecule has 2 N–H and O–H groups in total. The normalized spacial score (nSPS) is 17.7. The molecule has 2 atom stereocenters. The molecule has 2 heterocycles. The smallest absolute Gasteiger partial charge is 0.254 e. The first-order valence-electron chi connectivity index (χ1n) is 10.8. The third-order valence-electron chi connectivity index (χ3n) is 6.30. The third-order valence-corrected chi connectivity index (χ3v) is 6.30. The van der Waals surface area contributed by atoms with Crippen LogP contribution in [0.25, 0.3) is 11.3 Å². The summed E-state index contributed by atoms with van der Waals surface area (Å²) in [5.74, 6) is 0.519. The lowest BCUT2D eigenvalue weighted by molar-refractivity contribution is 0.0946. The van der Waals surface area contributed by atoms with E-state index in [1.165, 1.54) is 0 Å². The highest BCUT2D eigenvalue weighted by atomic mass is 16.3. The van der Waals surface area contributed by atoms with Gasteiger partial charge in [0.05, 0.1) is 29.8 Å². The molecule has 0 bridgehead atoms. The van der Waals surface area contributed by atoms with Crippen LogP contribution in [0, 0.1) is 0 Å². The van der Waals surface area contributed by atoms with Crippen molar-refractivity contribution in [2.24, 2.45) is 0 Å². The van der Waals surface area contributed by atoms with E-state index in [0.717, 1.165) is 16.7 Å². The van der Waals surface area contributed by atoms with Gasteiger partial charge in [-0.1, -0.05) is 67.6 Å². The molecule has 0 saturated carbocycles. The van der Waals surface area contributed by atoms with Gasteiger partial charge < -0.3 is 14.7 Å². The summed E-state index contributed by atoms with van der Waals surface area (Å²) >= 11 is 0. The maximum atomic E-state index is 13.5. The number of hydrogen-bond donors (Lipinski definition) is 2. The van der Waals surface area contributed by atoms with Crippen LogP contribution < -0.4 is 5.32 Å². The van der Waals surface area contributed by atoms with Crippen molar-refractivity contribution in [3.63, 3.8) is 0 Å². The minimum absolute atomic E-state index is 0.00294. The molecule has 1 amide bonds. The molecule has 0 radical (unpaired) electrons. The summed E-state index contributed by atoms with van der Waals surface area (Å²) in [5, 5.41) is 2.97. The molecule has 0 saturated heterocycles. The van der Waals surface area contributed by atoms with Crippen LogP contribution in [0.3, 0.4) is 0 Å². The van der Waals surface area contributed by atoms with Gasteiger partial charge in [0.1, 0.15) is 5.76 Å². The Labute approximate surface area is 186 Å². The summed E-state index contributed by atoms with van der Waals surface area (Å²) in [5.41, 5.74) is 4.56. The first-order valence-corrected chi connectivity index (χ1v) is 10.8. The minimum atomic E-state index is -0.217. The molecular formula is C27H24N2O3. The van der Waals surface area contributed by atoms with Gasteiger partial charge in [-0.25, -0.2) is 0 Å². The molecule has 5 nitrogen and oxygen atoms in total. The molecule has 1 aliphatic rings. The number of H-pyrrole nitrogens is 1. The van der Waals surface area contributed by atoms with Gasteiger partial charge in [-0.2, -0.15) is 0 Å². The van der Waals surface area contributed by atoms with Crippen molar-refractivity contribution in [1.82, 2.24) is 10.3 Å². The standard InChI is InChI=1S/C27H24N2O3/c1-17-21(18-9-4-2-5-10-18)15-22(30)26-23(17)24(25(29-26)19-11-6-3-7-12-19)27(31)28-16-20-13-8-14-32-20/h2-14,17,21,29H,15-16H2,1H3,(H,28,31)/t17-,21+/m0/s1. The van der Waals surface area contributed by atoms with Gasteiger partial charge in [-0.15, -0.1) is 0 Å². The molecular weight excluding hydrogens is 400 g/mol. The average molecular weight is 425 g/mol. The zero-order chi connectivity index (χ0) is 22.1. The van der Waals surface area contributed by atoms with Crippen LogP contribution in [0.5, 0.6) is 0 Å². The van der Waals surface area contributed by atoms with E-state index in [-0.39, 0.29) is 30.1 Å². The Morgan fingerprint density at radius 3 is 2.41 bits per heavy atom. The SMILES string of the molecule is C[C@@H]1c2c([nH]c(-c3ccccc3)c2C(=O)NCc2ccco2)C(=O)C[C@H]1c1ccccc1. The number of nitrogens with one attached hydrogen (secondary N) is 2. The van der Waals surface area contributed by atoms with E-state index in [4.69, 9.17) is 4.42 Å². The Balaban J connectivity index is 1.61. The highest BCUT2D eigenvalue weighted by molar-refractivity contribution is 6.08. The van der Waals surface area contributed by atoms with Crippen LogP contribution in [0.4, 0.5) is 0 Å². The lowest BCUT2D eigenvalue weighted by Crippen LogP contribution is -2.27. The predicted octanol–water partition coefficient (Wildman–Crippen LogP) is 5.68. The van der Waals surface area contributed by atoms with Crippen LogP contribution in [-0.4, -0.2) is 16.7 Å². The van der Waals surface area contributed by atoms with Crippen LogP contribution >= 0.6 is 0 Å². The first kappa shape index (κ1) is 20.1. The molecule has 160 valence electrons. The summed E-state index contributed by atoms with van der Waals surface area (Å²) in [6, 6.07) is 23.4. The minimum Gasteiger partial charge on any atom is -0.467 e. The van der Waals surface area contributed by atoms with Gasteiger partial charge >= 0.3 is 0 Å². The molecule has 0 spiro atoms. The van der Waals surface area contributed by atoms with Crippen molar-refractivity contribution in [3.05, 3.63) is 107 Å². The second-order valence-corrected chi connectivity index (χ2v) is 8.22. The van der Waals surface area contributed by atoms with Gasteiger partial charge in [-0.3, -0.25) is 9.59 Å². The summed E-state index contributed by atoms with van der Waals surface area (Å²) in [6.07, 6.45) is 2.00. The van der Waals surface area contributed by atoms with E-state index in [2.05, 4.69) is 29.4 Å². The predicted molar refractivity (Wildman–Crippen MR) is 123 cm³/mol. The number of aromatic nitrogens is 1. The highest BCUT2D eigenvalue weighted by Crippen LogP contribution is 2.45. The van der Waals surface area contributed by atoms with Crippen molar-refractivity contribution in [1.29, 1.82) is 0 Å². The van der Waals surface area contributed by atoms with Crippen molar-refractivity contribution in [3.8, 4) is 11.3 Å². The van der Waals surface area contributed by atoms with Gasteiger partial charge in [0, 0.05) is 6.42 Å². The summed E-state index contributed by atoms with van der Waals surface area (Å²) < 4.78 is 5.37. The molecule has 5 rings (SSSR count). The lowest BCUT2D eigenvalue weighted by Gasteiger charge is -2.29. The highest BCUT2D eigenvalue weighted by Gasteiger charge is 2.38. The van der Waals surface area contributed by atoms with E-state index in [0.29, 0.717) is 29.1 Å². The van der Waals surface area contributed by atoms with Crippen molar-refractivity contribution >= 4 is 11.7 Å².